The average molecular weight is 200 g/mol. The smallest absolute Gasteiger partial charge is 0.0785 e. The topological polar surface area (TPSA) is 65.3 Å². The summed E-state index contributed by atoms with van der Waals surface area (Å²) in [6.07, 6.45) is 2.95. The zero-order chi connectivity index (χ0) is 10.6. The third-order valence-corrected chi connectivity index (χ3v) is 1.91. The van der Waals surface area contributed by atoms with Crippen molar-refractivity contribution in [1.82, 2.24) is 5.32 Å². The molecule has 0 aromatic heterocycles. The van der Waals surface area contributed by atoms with E-state index < -0.39 is 0 Å². The van der Waals surface area contributed by atoms with E-state index in [-0.39, 0.29) is 6.10 Å². The van der Waals surface area contributed by atoms with Crippen molar-refractivity contribution in [3.8, 4) is 6.07 Å². The SMILES string of the molecule is COCC(O)CCNCCCCC#N. The number of aliphatic hydroxyl groups is 1. The van der Waals surface area contributed by atoms with Crippen LogP contribution in [0.5, 0.6) is 0 Å². The molecule has 4 heteroatoms. The summed E-state index contributed by atoms with van der Waals surface area (Å²) in [5.41, 5.74) is 0. The summed E-state index contributed by atoms with van der Waals surface area (Å²) >= 11 is 0. The molecule has 0 fully saturated rings. The Hall–Kier alpha value is -0.630. The summed E-state index contributed by atoms with van der Waals surface area (Å²) in [5, 5.41) is 20.8. The number of nitrogens with zero attached hydrogens (tertiary/aromatic N) is 1. The summed E-state index contributed by atoms with van der Waals surface area (Å²) in [6, 6.07) is 2.11. The Morgan fingerprint density at radius 2 is 2.21 bits per heavy atom. The van der Waals surface area contributed by atoms with Gasteiger partial charge in [0.25, 0.3) is 0 Å². The number of methoxy groups -OCH3 is 1. The zero-order valence-electron chi connectivity index (χ0n) is 8.83. The molecule has 0 amide bonds. The molecule has 2 N–H and O–H groups in total. The minimum absolute atomic E-state index is 0.369. The lowest BCUT2D eigenvalue weighted by atomic mass is 10.2. The van der Waals surface area contributed by atoms with Crippen LogP contribution >= 0.6 is 0 Å². The molecule has 0 aromatic carbocycles. The van der Waals surface area contributed by atoms with E-state index in [1.165, 1.54) is 0 Å². The van der Waals surface area contributed by atoms with Crippen LogP contribution in [0.1, 0.15) is 25.7 Å². The molecule has 1 atom stereocenters. The highest BCUT2D eigenvalue weighted by atomic mass is 16.5. The zero-order valence-corrected chi connectivity index (χ0v) is 8.83. The van der Waals surface area contributed by atoms with E-state index in [0.717, 1.165) is 25.9 Å². The Balaban J connectivity index is 3.02. The van der Waals surface area contributed by atoms with Gasteiger partial charge >= 0.3 is 0 Å². The fourth-order valence-corrected chi connectivity index (χ4v) is 1.12. The van der Waals surface area contributed by atoms with Crippen LogP contribution in [0.3, 0.4) is 0 Å². The van der Waals surface area contributed by atoms with Gasteiger partial charge in [-0.1, -0.05) is 0 Å². The van der Waals surface area contributed by atoms with Crippen LogP contribution in [0, 0.1) is 11.3 Å². The maximum absolute atomic E-state index is 9.28. The lowest BCUT2D eigenvalue weighted by Crippen LogP contribution is -2.23. The molecule has 0 aliphatic carbocycles. The van der Waals surface area contributed by atoms with Gasteiger partial charge in [-0.15, -0.1) is 0 Å². The predicted octanol–water partition coefficient (Wildman–Crippen LogP) is 0.667. The Labute approximate surface area is 85.9 Å². The molecule has 0 saturated heterocycles. The number of aliphatic hydroxyl groups excluding tert-OH is 1. The number of nitrogens with one attached hydrogen (secondary N) is 1. The van der Waals surface area contributed by atoms with Crippen LogP contribution in [0.4, 0.5) is 0 Å². The van der Waals surface area contributed by atoms with E-state index >= 15 is 0 Å². The quantitative estimate of drug-likeness (QED) is 0.537. The van der Waals surface area contributed by atoms with Crippen molar-refractivity contribution in [1.29, 1.82) is 5.26 Å². The molecule has 0 radical (unpaired) electrons. The molecule has 0 bridgehead atoms. The predicted molar refractivity (Wildman–Crippen MR) is 54.8 cm³/mol. The Morgan fingerprint density at radius 3 is 2.86 bits per heavy atom. The van der Waals surface area contributed by atoms with Crippen LogP contribution < -0.4 is 5.32 Å². The molecular weight excluding hydrogens is 180 g/mol. The second-order valence-corrected chi connectivity index (χ2v) is 3.26. The third-order valence-electron chi connectivity index (χ3n) is 1.91. The maximum Gasteiger partial charge on any atom is 0.0785 e. The maximum atomic E-state index is 9.28. The standard InChI is InChI=1S/C10H20N2O2/c1-14-9-10(13)5-8-12-7-4-2-3-6-11/h10,12-13H,2-5,7-9H2,1H3. The summed E-state index contributed by atoms with van der Waals surface area (Å²) in [5.74, 6) is 0. The van der Waals surface area contributed by atoms with Gasteiger partial charge in [-0.3, -0.25) is 0 Å². The highest BCUT2D eigenvalue weighted by Crippen LogP contribution is 1.93. The Morgan fingerprint density at radius 1 is 1.43 bits per heavy atom. The van der Waals surface area contributed by atoms with E-state index in [4.69, 9.17) is 10.00 Å². The molecule has 4 nitrogen and oxygen atoms in total. The largest absolute Gasteiger partial charge is 0.391 e. The van der Waals surface area contributed by atoms with Gasteiger partial charge in [-0.2, -0.15) is 5.26 Å². The third kappa shape index (κ3) is 9.46. The first-order valence-electron chi connectivity index (χ1n) is 5.06. The van der Waals surface area contributed by atoms with Crippen LogP contribution in [0.2, 0.25) is 0 Å². The van der Waals surface area contributed by atoms with Crippen molar-refractivity contribution in [2.75, 3.05) is 26.8 Å². The summed E-state index contributed by atoms with van der Waals surface area (Å²) in [7, 11) is 1.58. The van der Waals surface area contributed by atoms with E-state index in [9.17, 15) is 5.11 Å². The van der Waals surface area contributed by atoms with Crippen molar-refractivity contribution in [2.24, 2.45) is 0 Å². The normalized spacial score (nSPS) is 12.4. The van der Waals surface area contributed by atoms with E-state index in [1.807, 2.05) is 0 Å². The number of ether oxygens (including phenoxy) is 1. The van der Waals surface area contributed by atoms with Crippen LogP contribution in [-0.4, -0.2) is 38.0 Å². The molecule has 0 heterocycles. The fraction of sp³-hybridized carbons (Fsp3) is 0.900. The number of hydrogen-bond acceptors (Lipinski definition) is 4. The second-order valence-electron chi connectivity index (χ2n) is 3.26. The van der Waals surface area contributed by atoms with Gasteiger partial charge in [-0.05, 0) is 32.4 Å². The lowest BCUT2D eigenvalue weighted by Gasteiger charge is -2.09. The highest BCUT2D eigenvalue weighted by Gasteiger charge is 2.01. The van der Waals surface area contributed by atoms with Gasteiger partial charge < -0.3 is 15.2 Å². The van der Waals surface area contributed by atoms with Gasteiger partial charge in [0.2, 0.25) is 0 Å². The van der Waals surface area contributed by atoms with Gasteiger partial charge in [0.1, 0.15) is 0 Å². The molecule has 1 unspecified atom stereocenters. The second kappa shape index (κ2) is 10.5. The van der Waals surface area contributed by atoms with Crippen LogP contribution in [0.15, 0.2) is 0 Å². The molecule has 0 saturated carbocycles. The van der Waals surface area contributed by atoms with Crippen molar-refractivity contribution < 1.29 is 9.84 Å². The molecular formula is C10H20N2O2. The van der Waals surface area contributed by atoms with E-state index in [2.05, 4.69) is 11.4 Å². The molecule has 0 aromatic rings. The van der Waals surface area contributed by atoms with E-state index in [1.54, 1.807) is 7.11 Å². The molecule has 0 spiro atoms. The first kappa shape index (κ1) is 13.4. The summed E-state index contributed by atoms with van der Waals surface area (Å²) in [6.45, 7) is 2.12. The molecule has 82 valence electrons. The summed E-state index contributed by atoms with van der Waals surface area (Å²) in [4.78, 5) is 0. The number of hydrogen-bond donors (Lipinski definition) is 2. The van der Waals surface area contributed by atoms with Gasteiger partial charge in [-0.25, -0.2) is 0 Å². The lowest BCUT2D eigenvalue weighted by molar-refractivity contribution is 0.0595. The minimum atomic E-state index is -0.369. The van der Waals surface area contributed by atoms with Crippen LogP contribution in [0.25, 0.3) is 0 Å². The molecule has 0 aliphatic rings. The van der Waals surface area contributed by atoms with E-state index in [0.29, 0.717) is 19.4 Å². The number of nitriles is 1. The van der Waals surface area contributed by atoms with Gasteiger partial charge in [0, 0.05) is 13.5 Å². The fourth-order valence-electron chi connectivity index (χ4n) is 1.12. The molecule has 14 heavy (non-hydrogen) atoms. The Bertz CT molecular complexity index is 157. The van der Waals surface area contributed by atoms with Crippen molar-refractivity contribution in [2.45, 2.75) is 31.8 Å². The van der Waals surface area contributed by atoms with Crippen molar-refractivity contribution in [3.05, 3.63) is 0 Å². The highest BCUT2D eigenvalue weighted by molar-refractivity contribution is 4.68. The Kier molecular flexibility index (Phi) is 9.98. The minimum Gasteiger partial charge on any atom is -0.391 e. The monoisotopic (exact) mass is 200 g/mol. The first-order chi connectivity index (χ1) is 6.81. The van der Waals surface area contributed by atoms with Crippen molar-refractivity contribution in [3.63, 3.8) is 0 Å². The number of unbranched alkanes of at least 4 members (excludes halogenated alkanes) is 2. The van der Waals surface area contributed by atoms with Crippen LogP contribution in [-0.2, 0) is 4.74 Å². The first-order valence-corrected chi connectivity index (χ1v) is 5.06. The van der Waals surface area contributed by atoms with Gasteiger partial charge in [0.15, 0.2) is 0 Å². The molecule has 0 aliphatic heterocycles. The molecule has 0 rings (SSSR count). The number of rotatable bonds is 9. The van der Waals surface area contributed by atoms with Crippen molar-refractivity contribution >= 4 is 0 Å². The van der Waals surface area contributed by atoms with Gasteiger partial charge in [0.05, 0.1) is 18.8 Å². The summed E-state index contributed by atoms with van der Waals surface area (Å²) < 4.78 is 4.80. The average Bonchev–Trinajstić information content (AvgIpc) is 2.17.